The molecule has 0 spiro atoms. The van der Waals surface area contributed by atoms with E-state index in [9.17, 15) is 5.11 Å². The maximum Gasteiger partial charge on any atom is 0.166 e. The van der Waals surface area contributed by atoms with Crippen LogP contribution in [0.25, 0.3) is 0 Å². The van der Waals surface area contributed by atoms with Gasteiger partial charge in [-0.15, -0.1) is 11.3 Å². The average molecular weight is 281 g/mol. The van der Waals surface area contributed by atoms with Crippen molar-refractivity contribution in [3.05, 3.63) is 87.9 Å². The standard InChI is InChI=1S/C17H15NOS/c1-13-12-20-16(18-13)17(19,14-8-4-2-5-9-14)15-10-6-3-7-11-15/h2-12,19H,1H3. The summed E-state index contributed by atoms with van der Waals surface area (Å²) in [7, 11) is 0. The molecule has 0 atom stereocenters. The summed E-state index contributed by atoms with van der Waals surface area (Å²) in [6.45, 7) is 1.94. The topological polar surface area (TPSA) is 33.1 Å². The third kappa shape index (κ3) is 2.15. The first-order chi connectivity index (χ1) is 9.71. The van der Waals surface area contributed by atoms with Gasteiger partial charge in [-0.1, -0.05) is 60.7 Å². The number of hydrogen-bond donors (Lipinski definition) is 1. The molecule has 1 N–H and O–H groups in total. The number of nitrogens with zero attached hydrogens (tertiary/aromatic N) is 1. The highest BCUT2D eigenvalue weighted by atomic mass is 32.1. The molecule has 2 aromatic carbocycles. The highest BCUT2D eigenvalue weighted by Gasteiger charge is 2.36. The molecule has 0 unspecified atom stereocenters. The van der Waals surface area contributed by atoms with E-state index in [-0.39, 0.29) is 0 Å². The number of thiazole rings is 1. The van der Waals surface area contributed by atoms with Crippen molar-refractivity contribution in [1.29, 1.82) is 0 Å². The predicted molar refractivity (Wildman–Crippen MR) is 81.8 cm³/mol. The van der Waals surface area contributed by atoms with E-state index in [4.69, 9.17) is 0 Å². The molecule has 3 heteroatoms. The normalized spacial score (nSPS) is 11.5. The molecule has 0 fully saturated rings. The van der Waals surface area contributed by atoms with Crippen LogP contribution < -0.4 is 0 Å². The number of benzene rings is 2. The molecule has 0 saturated carbocycles. The molecule has 0 saturated heterocycles. The lowest BCUT2D eigenvalue weighted by Crippen LogP contribution is -2.28. The minimum absolute atomic E-state index is 0.701. The lowest BCUT2D eigenvalue weighted by molar-refractivity contribution is 0.125. The van der Waals surface area contributed by atoms with E-state index in [1.54, 1.807) is 0 Å². The van der Waals surface area contributed by atoms with Gasteiger partial charge in [0.05, 0.1) is 0 Å². The Bertz CT molecular complexity index is 652. The van der Waals surface area contributed by atoms with Crippen molar-refractivity contribution >= 4 is 11.3 Å². The molecule has 1 heterocycles. The lowest BCUT2D eigenvalue weighted by atomic mass is 9.87. The van der Waals surface area contributed by atoms with Gasteiger partial charge < -0.3 is 5.11 Å². The molecule has 1 aromatic heterocycles. The number of aromatic nitrogens is 1. The van der Waals surface area contributed by atoms with Crippen molar-refractivity contribution in [2.24, 2.45) is 0 Å². The summed E-state index contributed by atoms with van der Waals surface area (Å²) in [4.78, 5) is 4.50. The van der Waals surface area contributed by atoms with Gasteiger partial charge in [-0.2, -0.15) is 0 Å². The second kappa shape index (κ2) is 5.19. The van der Waals surface area contributed by atoms with Gasteiger partial charge in [0.1, 0.15) is 5.01 Å². The Labute approximate surface area is 122 Å². The molecule has 0 bridgehead atoms. The SMILES string of the molecule is Cc1csc(C(O)(c2ccccc2)c2ccccc2)n1. The van der Waals surface area contributed by atoms with Crippen LogP contribution in [-0.2, 0) is 5.60 Å². The number of aliphatic hydroxyl groups is 1. The highest BCUT2D eigenvalue weighted by molar-refractivity contribution is 7.09. The van der Waals surface area contributed by atoms with E-state index in [0.29, 0.717) is 5.01 Å². The third-order valence-corrected chi connectivity index (χ3v) is 4.38. The van der Waals surface area contributed by atoms with E-state index >= 15 is 0 Å². The van der Waals surface area contributed by atoms with Gasteiger partial charge in [-0.05, 0) is 18.1 Å². The smallest absolute Gasteiger partial charge is 0.166 e. The fourth-order valence-corrected chi connectivity index (χ4v) is 3.23. The quantitative estimate of drug-likeness (QED) is 0.793. The highest BCUT2D eigenvalue weighted by Crippen LogP contribution is 2.37. The first-order valence-corrected chi connectivity index (χ1v) is 7.35. The van der Waals surface area contributed by atoms with Crippen LogP contribution in [0.2, 0.25) is 0 Å². The van der Waals surface area contributed by atoms with E-state index in [1.807, 2.05) is 73.0 Å². The predicted octanol–water partition coefficient (Wildman–Crippen LogP) is 3.74. The molecule has 0 radical (unpaired) electrons. The summed E-state index contributed by atoms with van der Waals surface area (Å²) in [5.74, 6) is 0. The molecular formula is C17H15NOS. The fraction of sp³-hybridized carbons (Fsp3) is 0.118. The van der Waals surface area contributed by atoms with Gasteiger partial charge in [-0.25, -0.2) is 4.98 Å². The Kier molecular flexibility index (Phi) is 3.38. The summed E-state index contributed by atoms with van der Waals surface area (Å²) in [6, 6.07) is 19.4. The Morgan fingerprint density at radius 2 is 1.40 bits per heavy atom. The zero-order chi connectivity index (χ0) is 14.0. The zero-order valence-corrected chi connectivity index (χ0v) is 12.0. The van der Waals surface area contributed by atoms with E-state index in [1.165, 1.54) is 11.3 Å². The molecule has 0 aliphatic carbocycles. The Balaban J connectivity index is 2.23. The van der Waals surface area contributed by atoms with Crippen LogP contribution in [0.4, 0.5) is 0 Å². The van der Waals surface area contributed by atoms with Crippen LogP contribution in [0.1, 0.15) is 21.8 Å². The van der Waals surface area contributed by atoms with E-state index < -0.39 is 5.60 Å². The van der Waals surface area contributed by atoms with E-state index in [0.717, 1.165) is 16.8 Å². The van der Waals surface area contributed by atoms with Crippen molar-refractivity contribution in [2.45, 2.75) is 12.5 Å². The van der Waals surface area contributed by atoms with Gasteiger partial charge in [0.15, 0.2) is 5.60 Å². The van der Waals surface area contributed by atoms with Gasteiger partial charge in [0.2, 0.25) is 0 Å². The largest absolute Gasteiger partial charge is 0.374 e. The summed E-state index contributed by atoms with van der Waals surface area (Å²) in [6.07, 6.45) is 0. The average Bonchev–Trinajstić information content (AvgIpc) is 2.95. The molecule has 0 amide bonds. The van der Waals surface area contributed by atoms with Crippen LogP contribution in [0.15, 0.2) is 66.0 Å². The van der Waals surface area contributed by atoms with Gasteiger partial charge in [-0.3, -0.25) is 0 Å². The van der Waals surface area contributed by atoms with Crippen LogP contribution in [-0.4, -0.2) is 10.1 Å². The second-order valence-electron chi connectivity index (χ2n) is 4.74. The molecule has 2 nitrogen and oxygen atoms in total. The minimum atomic E-state index is -1.19. The van der Waals surface area contributed by atoms with Crippen molar-refractivity contribution < 1.29 is 5.11 Å². The summed E-state index contributed by atoms with van der Waals surface area (Å²) < 4.78 is 0. The number of hydrogen-bond acceptors (Lipinski definition) is 3. The Morgan fingerprint density at radius 1 is 0.900 bits per heavy atom. The molecule has 0 aliphatic rings. The van der Waals surface area contributed by atoms with Crippen molar-refractivity contribution in [3.63, 3.8) is 0 Å². The summed E-state index contributed by atoms with van der Waals surface area (Å²) in [5.41, 5.74) is 1.40. The van der Waals surface area contributed by atoms with Gasteiger partial charge in [0.25, 0.3) is 0 Å². The number of rotatable bonds is 3. The summed E-state index contributed by atoms with van der Waals surface area (Å²) >= 11 is 1.49. The van der Waals surface area contributed by atoms with Gasteiger partial charge >= 0.3 is 0 Å². The van der Waals surface area contributed by atoms with Crippen molar-refractivity contribution in [1.82, 2.24) is 4.98 Å². The zero-order valence-electron chi connectivity index (χ0n) is 11.2. The molecule has 3 aromatic rings. The van der Waals surface area contributed by atoms with Crippen molar-refractivity contribution in [3.8, 4) is 0 Å². The van der Waals surface area contributed by atoms with Crippen LogP contribution in [0.3, 0.4) is 0 Å². The molecule has 20 heavy (non-hydrogen) atoms. The Hall–Kier alpha value is -1.97. The van der Waals surface area contributed by atoms with Crippen LogP contribution >= 0.6 is 11.3 Å². The monoisotopic (exact) mass is 281 g/mol. The minimum Gasteiger partial charge on any atom is -0.374 e. The van der Waals surface area contributed by atoms with Crippen molar-refractivity contribution in [2.75, 3.05) is 0 Å². The fourth-order valence-electron chi connectivity index (χ4n) is 2.29. The molecule has 3 rings (SSSR count). The first kappa shape index (κ1) is 13.0. The first-order valence-electron chi connectivity index (χ1n) is 6.47. The Morgan fingerprint density at radius 3 is 1.80 bits per heavy atom. The summed E-state index contributed by atoms with van der Waals surface area (Å²) in [5, 5.41) is 14.1. The molecule has 0 aliphatic heterocycles. The molecular weight excluding hydrogens is 266 g/mol. The maximum atomic E-state index is 11.4. The lowest BCUT2D eigenvalue weighted by Gasteiger charge is -2.27. The number of aryl methyl sites for hydroxylation is 1. The molecule has 100 valence electrons. The maximum absolute atomic E-state index is 11.4. The third-order valence-electron chi connectivity index (χ3n) is 3.31. The van der Waals surface area contributed by atoms with Crippen LogP contribution in [0, 0.1) is 6.92 Å². The second-order valence-corrected chi connectivity index (χ2v) is 5.59. The van der Waals surface area contributed by atoms with Gasteiger partial charge in [0, 0.05) is 11.1 Å². The van der Waals surface area contributed by atoms with E-state index in [2.05, 4.69) is 4.98 Å². The van der Waals surface area contributed by atoms with Crippen LogP contribution in [0.5, 0.6) is 0 Å².